The van der Waals surface area contributed by atoms with E-state index in [1.807, 2.05) is 78.2 Å². The number of amides is 1. The monoisotopic (exact) mass is 605 g/mol. The first-order chi connectivity index (χ1) is 18.9. The Morgan fingerprint density at radius 3 is 2.59 bits per heavy atom. The summed E-state index contributed by atoms with van der Waals surface area (Å²) in [7, 11) is 1.58. The van der Waals surface area contributed by atoms with Gasteiger partial charge in [0.2, 0.25) is 0 Å². The highest BCUT2D eigenvalue weighted by Crippen LogP contribution is 2.29. The minimum Gasteiger partial charge on any atom is -0.493 e. The summed E-state index contributed by atoms with van der Waals surface area (Å²) < 4.78 is 14.3. The number of thioether (sulfide) groups is 1. The van der Waals surface area contributed by atoms with Gasteiger partial charge in [-0.25, -0.2) is 5.43 Å². The largest absolute Gasteiger partial charge is 0.493 e. The van der Waals surface area contributed by atoms with Crippen LogP contribution in [-0.2, 0) is 17.9 Å². The smallest absolute Gasteiger partial charge is 0.250 e. The third kappa shape index (κ3) is 8.05. The molecule has 1 amide bonds. The number of hydrogen-bond acceptors (Lipinski definition) is 7. The summed E-state index contributed by atoms with van der Waals surface area (Å²) >= 11 is 4.74. The number of methoxy groups -OCH3 is 1. The van der Waals surface area contributed by atoms with Gasteiger partial charge >= 0.3 is 0 Å². The zero-order valence-corrected chi connectivity index (χ0v) is 24.0. The third-order valence-corrected chi connectivity index (χ3v) is 6.90. The maximum atomic E-state index is 12.5. The van der Waals surface area contributed by atoms with Gasteiger partial charge < -0.3 is 9.47 Å². The topological polar surface area (TPSA) is 90.6 Å². The van der Waals surface area contributed by atoms with Crippen molar-refractivity contribution in [2.45, 2.75) is 25.2 Å². The van der Waals surface area contributed by atoms with E-state index in [0.29, 0.717) is 29.8 Å². The number of halogens is 1. The molecule has 1 aromatic heterocycles. The summed E-state index contributed by atoms with van der Waals surface area (Å²) in [6.45, 7) is 6.94. The fourth-order valence-corrected chi connectivity index (χ4v) is 4.58. The average Bonchev–Trinajstić information content (AvgIpc) is 3.33. The van der Waals surface area contributed by atoms with E-state index in [9.17, 15) is 4.79 Å². The van der Waals surface area contributed by atoms with Crippen LogP contribution < -0.4 is 14.9 Å². The molecular formula is C29H28BrN5O3S. The lowest BCUT2D eigenvalue weighted by Crippen LogP contribution is -2.20. The zero-order valence-electron chi connectivity index (χ0n) is 21.6. The van der Waals surface area contributed by atoms with Crippen molar-refractivity contribution in [2.75, 3.05) is 12.9 Å². The second kappa shape index (κ2) is 13.8. The Bertz CT molecular complexity index is 1460. The molecule has 4 aromatic rings. The van der Waals surface area contributed by atoms with E-state index in [4.69, 9.17) is 9.47 Å². The van der Waals surface area contributed by atoms with Gasteiger partial charge in [-0.05, 0) is 48.4 Å². The molecule has 0 saturated carbocycles. The predicted molar refractivity (Wildman–Crippen MR) is 158 cm³/mol. The number of hydrazone groups is 1. The van der Waals surface area contributed by atoms with Crippen LogP contribution in [0.15, 0.2) is 99.7 Å². The van der Waals surface area contributed by atoms with Gasteiger partial charge in [-0.2, -0.15) is 5.10 Å². The van der Waals surface area contributed by atoms with Crippen LogP contribution in [0.2, 0.25) is 0 Å². The average molecular weight is 607 g/mol. The van der Waals surface area contributed by atoms with Crippen LogP contribution >= 0.6 is 27.7 Å². The molecule has 8 nitrogen and oxygen atoms in total. The molecule has 0 spiro atoms. The number of nitrogens with zero attached hydrogens (tertiary/aromatic N) is 4. The fraction of sp³-hybridized carbons (Fsp3) is 0.172. The van der Waals surface area contributed by atoms with Crippen molar-refractivity contribution in [1.82, 2.24) is 20.2 Å². The molecule has 1 N–H and O–H groups in total. The van der Waals surface area contributed by atoms with Crippen LogP contribution in [-0.4, -0.2) is 39.7 Å². The summed E-state index contributed by atoms with van der Waals surface area (Å²) in [6, 6.07) is 23.2. The van der Waals surface area contributed by atoms with Gasteiger partial charge in [-0.15, -0.1) is 10.2 Å². The predicted octanol–water partition coefficient (Wildman–Crippen LogP) is 6.11. The van der Waals surface area contributed by atoms with Crippen LogP contribution in [0.25, 0.3) is 11.4 Å². The Balaban J connectivity index is 1.34. The first kappa shape index (κ1) is 28.1. The van der Waals surface area contributed by atoms with E-state index in [1.54, 1.807) is 19.4 Å². The van der Waals surface area contributed by atoms with Crippen molar-refractivity contribution in [2.24, 2.45) is 5.10 Å². The highest BCUT2D eigenvalue weighted by Gasteiger charge is 2.16. The molecular weight excluding hydrogens is 578 g/mol. The SMILES string of the molecule is C=C(C)Cn1c(SCC(=O)N/N=C\c2ccc(OCc3ccccc3)c(OC)c2)nnc1-c1ccc(Br)cc1. The molecule has 0 aliphatic heterocycles. The van der Waals surface area contributed by atoms with Crippen molar-refractivity contribution in [3.63, 3.8) is 0 Å². The molecule has 0 aliphatic rings. The number of carbonyl (C=O) groups excluding carboxylic acids is 1. The Morgan fingerprint density at radius 2 is 1.87 bits per heavy atom. The lowest BCUT2D eigenvalue weighted by Gasteiger charge is -2.11. The summed E-state index contributed by atoms with van der Waals surface area (Å²) in [5.74, 6) is 1.79. The fourth-order valence-electron chi connectivity index (χ4n) is 3.58. The standard InChI is InChI=1S/C29H28BrN5O3S/c1-20(2)17-35-28(23-10-12-24(30)13-11-23)33-34-29(35)39-19-27(36)32-31-16-22-9-14-25(26(15-22)37-3)38-18-21-7-5-4-6-8-21/h4-16H,1,17-19H2,2-3H3,(H,32,36)/b31-16-. The third-order valence-electron chi connectivity index (χ3n) is 5.41. The van der Waals surface area contributed by atoms with Gasteiger partial charge in [0.05, 0.1) is 19.1 Å². The summed E-state index contributed by atoms with van der Waals surface area (Å²) in [5.41, 5.74) is 6.27. The molecule has 0 bridgehead atoms. The van der Waals surface area contributed by atoms with Crippen LogP contribution in [0, 0.1) is 0 Å². The Morgan fingerprint density at radius 1 is 1.10 bits per heavy atom. The molecule has 0 fully saturated rings. The number of carbonyl (C=O) groups is 1. The van der Waals surface area contributed by atoms with Gasteiger partial charge in [0, 0.05) is 16.6 Å². The van der Waals surface area contributed by atoms with E-state index in [2.05, 4.69) is 43.2 Å². The van der Waals surface area contributed by atoms with Gasteiger partial charge in [-0.1, -0.05) is 82.3 Å². The number of nitrogens with one attached hydrogen (secondary N) is 1. The lowest BCUT2D eigenvalue weighted by molar-refractivity contribution is -0.118. The molecule has 0 unspecified atom stereocenters. The first-order valence-corrected chi connectivity index (χ1v) is 13.8. The van der Waals surface area contributed by atoms with Crippen molar-refractivity contribution < 1.29 is 14.3 Å². The number of rotatable bonds is 12. The molecule has 1 heterocycles. The van der Waals surface area contributed by atoms with E-state index in [-0.39, 0.29) is 11.7 Å². The van der Waals surface area contributed by atoms with E-state index >= 15 is 0 Å². The molecule has 0 radical (unpaired) electrons. The molecule has 0 aliphatic carbocycles. The van der Waals surface area contributed by atoms with Crippen LogP contribution in [0.3, 0.4) is 0 Å². The number of allylic oxidation sites excluding steroid dienone is 1. The molecule has 39 heavy (non-hydrogen) atoms. The van der Waals surface area contributed by atoms with Crippen LogP contribution in [0.1, 0.15) is 18.1 Å². The van der Waals surface area contributed by atoms with Gasteiger partial charge in [0.25, 0.3) is 5.91 Å². The van der Waals surface area contributed by atoms with Crippen molar-refractivity contribution in [3.05, 3.63) is 101 Å². The molecule has 10 heteroatoms. The van der Waals surface area contributed by atoms with E-state index < -0.39 is 0 Å². The number of benzene rings is 3. The quantitative estimate of drug-likeness (QED) is 0.0906. The maximum Gasteiger partial charge on any atom is 0.250 e. The summed E-state index contributed by atoms with van der Waals surface area (Å²) in [4.78, 5) is 12.5. The maximum absolute atomic E-state index is 12.5. The first-order valence-electron chi connectivity index (χ1n) is 12.1. The second-order valence-corrected chi connectivity index (χ2v) is 10.5. The highest BCUT2D eigenvalue weighted by molar-refractivity contribution is 9.10. The molecule has 0 atom stereocenters. The van der Waals surface area contributed by atoms with Crippen LogP contribution in [0.4, 0.5) is 0 Å². The van der Waals surface area contributed by atoms with E-state index in [0.717, 1.165) is 32.6 Å². The molecule has 4 rings (SSSR count). The number of aromatic nitrogens is 3. The highest BCUT2D eigenvalue weighted by atomic mass is 79.9. The Kier molecular flexibility index (Phi) is 9.93. The lowest BCUT2D eigenvalue weighted by atomic mass is 10.2. The molecule has 0 saturated heterocycles. The van der Waals surface area contributed by atoms with Crippen molar-refractivity contribution in [3.8, 4) is 22.9 Å². The van der Waals surface area contributed by atoms with Crippen molar-refractivity contribution >= 4 is 39.8 Å². The van der Waals surface area contributed by atoms with Gasteiger partial charge in [0.1, 0.15) is 6.61 Å². The number of ether oxygens (including phenoxy) is 2. The van der Waals surface area contributed by atoms with Gasteiger partial charge in [0.15, 0.2) is 22.5 Å². The molecule has 3 aromatic carbocycles. The molecule has 200 valence electrons. The van der Waals surface area contributed by atoms with Crippen molar-refractivity contribution in [1.29, 1.82) is 0 Å². The summed E-state index contributed by atoms with van der Waals surface area (Å²) in [5, 5.41) is 13.4. The number of hydrogen-bond donors (Lipinski definition) is 1. The minimum atomic E-state index is -0.263. The Labute approximate surface area is 240 Å². The Hall–Kier alpha value is -3.89. The zero-order chi connectivity index (χ0) is 27.6. The normalized spacial score (nSPS) is 10.9. The summed E-state index contributed by atoms with van der Waals surface area (Å²) in [6.07, 6.45) is 1.56. The van der Waals surface area contributed by atoms with Crippen LogP contribution in [0.5, 0.6) is 11.5 Å². The van der Waals surface area contributed by atoms with E-state index in [1.165, 1.54) is 11.8 Å². The van der Waals surface area contributed by atoms with Gasteiger partial charge in [-0.3, -0.25) is 9.36 Å². The minimum absolute atomic E-state index is 0.127. The second-order valence-electron chi connectivity index (χ2n) is 8.62.